The molecular weight excluding hydrogens is 294 g/mol. The lowest BCUT2D eigenvalue weighted by atomic mass is 9.97. The first kappa shape index (κ1) is 15.0. The van der Waals surface area contributed by atoms with Crippen molar-refractivity contribution in [2.75, 3.05) is 18.0 Å². The van der Waals surface area contributed by atoms with Crippen LogP contribution in [0, 0.1) is 12.8 Å². The molecule has 0 aromatic carbocycles. The second kappa shape index (κ2) is 6.92. The van der Waals surface area contributed by atoms with Crippen molar-refractivity contribution in [2.24, 2.45) is 5.92 Å². The number of piperidine rings is 1. The van der Waals surface area contributed by atoms with Crippen LogP contribution in [-0.2, 0) is 11.3 Å². The van der Waals surface area contributed by atoms with E-state index in [4.69, 9.17) is 0 Å². The van der Waals surface area contributed by atoms with Crippen molar-refractivity contribution >= 4 is 23.1 Å². The maximum atomic E-state index is 12.4. The molecule has 1 fully saturated rings. The molecule has 1 saturated heterocycles. The van der Waals surface area contributed by atoms with Gasteiger partial charge in [-0.25, -0.2) is 4.98 Å². The maximum Gasteiger partial charge on any atom is 0.225 e. The van der Waals surface area contributed by atoms with E-state index in [0.717, 1.165) is 31.7 Å². The smallest absolute Gasteiger partial charge is 0.225 e. The number of aryl methyl sites for hydroxylation is 1. The molecule has 1 unspecified atom stereocenters. The summed E-state index contributed by atoms with van der Waals surface area (Å²) in [6, 6.07) is 10.1. The number of aromatic nitrogens is 1. The van der Waals surface area contributed by atoms with Gasteiger partial charge in [0.2, 0.25) is 5.91 Å². The number of amides is 1. The largest absolute Gasteiger partial charge is 0.356 e. The number of nitrogens with one attached hydrogen (secondary N) is 1. The zero-order valence-electron chi connectivity index (χ0n) is 12.8. The van der Waals surface area contributed by atoms with Crippen LogP contribution in [0.2, 0.25) is 0 Å². The van der Waals surface area contributed by atoms with Gasteiger partial charge in [0, 0.05) is 29.0 Å². The van der Waals surface area contributed by atoms with Crippen LogP contribution in [-0.4, -0.2) is 24.0 Å². The molecule has 5 heteroatoms. The third kappa shape index (κ3) is 3.65. The van der Waals surface area contributed by atoms with Crippen molar-refractivity contribution in [3.63, 3.8) is 0 Å². The first-order valence-electron chi connectivity index (χ1n) is 7.71. The van der Waals surface area contributed by atoms with Gasteiger partial charge in [-0.3, -0.25) is 4.79 Å². The van der Waals surface area contributed by atoms with Crippen LogP contribution in [0.3, 0.4) is 0 Å². The molecule has 0 spiro atoms. The topological polar surface area (TPSA) is 45.2 Å². The van der Waals surface area contributed by atoms with Crippen LogP contribution in [0.25, 0.3) is 0 Å². The average Bonchev–Trinajstić information content (AvgIpc) is 2.99. The fraction of sp³-hybridized carbons (Fsp3) is 0.412. The van der Waals surface area contributed by atoms with E-state index in [1.807, 2.05) is 18.2 Å². The molecule has 1 atom stereocenters. The molecular formula is C17H21N3OS. The van der Waals surface area contributed by atoms with Gasteiger partial charge in [-0.05, 0) is 44.0 Å². The molecule has 22 heavy (non-hydrogen) atoms. The highest BCUT2D eigenvalue weighted by atomic mass is 32.1. The highest BCUT2D eigenvalue weighted by Crippen LogP contribution is 2.22. The Labute approximate surface area is 135 Å². The molecule has 4 nitrogen and oxygen atoms in total. The van der Waals surface area contributed by atoms with Gasteiger partial charge < -0.3 is 10.2 Å². The van der Waals surface area contributed by atoms with Crippen LogP contribution >= 0.6 is 11.3 Å². The summed E-state index contributed by atoms with van der Waals surface area (Å²) in [5, 5.41) is 3.08. The van der Waals surface area contributed by atoms with Crippen LogP contribution in [0.5, 0.6) is 0 Å². The lowest BCUT2D eigenvalue weighted by molar-refractivity contribution is -0.125. The second-order valence-electron chi connectivity index (χ2n) is 5.70. The molecule has 1 amide bonds. The quantitative estimate of drug-likeness (QED) is 0.943. The van der Waals surface area contributed by atoms with Crippen LogP contribution in [0.1, 0.15) is 22.6 Å². The highest BCUT2D eigenvalue weighted by molar-refractivity contribution is 7.11. The van der Waals surface area contributed by atoms with Gasteiger partial charge >= 0.3 is 0 Å². The number of hydrogen-bond acceptors (Lipinski definition) is 4. The van der Waals surface area contributed by atoms with Crippen molar-refractivity contribution in [3.05, 3.63) is 46.3 Å². The Hall–Kier alpha value is -1.88. The zero-order chi connectivity index (χ0) is 15.4. The van der Waals surface area contributed by atoms with Gasteiger partial charge in [0.1, 0.15) is 5.82 Å². The normalized spacial score (nSPS) is 18.2. The minimum absolute atomic E-state index is 0.0526. The fourth-order valence-corrected chi connectivity index (χ4v) is 3.67. The van der Waals surface area contributed by atoms with E-state index in [0.29, 0.717) is 6.54 Å². The van der Waals surface area contributed by atoms with Gasteiger partial charge in [0.05, 0.1) is 12.5 Å². The van der Waals surface area contributed by atoms with Crippen LogP contribution in [0.15, 0.2) is 36.5 Å². The Morgan fingerprint density at radius 1 is 1.41 bits per heavy atom. The SMILES string of the molecule is Cc1ccc(CNC(=O)C2CCCN(c3ccccn3)C2)s1. The predicted molar refractivity (Wildman–Crippen MR) is 90.1 cm³/mol. The van der Waals surface area contributed by atoms with Crippen molar-refractivity contribution in [1.82, 2.24) is 10.3 Å². The van der Waals surface area contributed by atoms with Gasteiger partial charge in [-0.15, -0.1) is 11.3 Å². The Morgan fingerprint density at radius 2 is 2.32 bits per heavy atom. The Bertz CT molecular complexity index is 626. The summed E-state index contributed by atoms with van der Waals surface area (Å²) in [4.78, 5) is 21.5. The molecule has 1 N–H and O–H groups in total. The van der Waals surface area contributed by atoms with Crippen LogP contribution < -0.4 is 10.2 Å². The van der Waals surface area contributed by atoms with Gasteiger partial charge in [0.25, 0.3) is 0 Å². The number of hydrogen-bond donors (Lipinski definition) is 1. The molecule has 1 aliphatic heterocycles. The number of nitrogens with zero attached hydrogens (tertiary/aromatic N) is 2. The molecule has 3 heterocycles. The number of thiophene rings is 1. The molecule has 0 bridgehead atoms. The average molecular weight is 315 g/mol. The maximum absolute atomic E-state index is 12.4. The molecule has 2 aromatic heterocycles. The summed E-state index contributed by atoms with van der Waals surface area (Å²) in [6.07, 6.45) is 3.80. The predicted octanol–water partition coefficient (Wildman–Crippen LogP) is 2.98. The van der Waals surface area contributed by atoms with E-state index in [2.05, 4.69) is 34.3 Å². The number of carbonyl (C=O) groups excluding carboxylic acids is 1. The minimum atomic E-state index is 0.0526. The molecule has 1 aliphatic rings. The van der Waals surface area contributed by atoms with Crippen molar-refractivity contribution < 1.29 is 4.79 Å². The number of rotatable bonds is 4. The lowest BCUT2D eigenvalue weighted by Crippen LogP contribution is -2.43. The Balaban J connectivity index is 1.56. The Morgan fingerprint density at radius 3 is 3.05 bits per heavy atom. The van der Waals surface area contributed by atoms with E-state index in [1.165, 1.54) is 9.75 Å². The van der Waals surface area contributed by atoms with E-state index in [9.17, 15) is 4.79 Å². The van der Waals surface area contributed by atoms with Crippen molar-refractivity contribution in [2.45, 2.75) is 26.3 Å². The third-order valence-electron chi connectivity index (χ3n) is 4.00. The van der Waals surface area contributed by atoms with Crippen LogP contribution in [0.4, 0.5) is 5.82 Å². The molecule has 0 radical (unpaired) electrons. The summed E-state index contributed by atoms with van der Waals surface area (Å²) < 4.78 is 0. The summed E-state index contributed by atoms with van der Waals surface area (Å²) in [5.41, 5.74) is 0. The third-order valence-corrected chi connectivity index (χ3v) is 5.00. The van der Waals surface area contributed by atoms with Gasteiger partial charge in [-0.2, -0.15) is 0 Å². The second-order valence-corrected chi connectivity index (χ2v) is 7.08. The molecule has 0 saturated carbocycles. The van der Waals surface area contributed by atoms with Gasteiger partial charge in [-0.1, -0.05) is 6.07 Å². The van der Waals surface area contributed by atoms with E-state index < -0.39 is 0 Å². The van der Waals surface area contributed by atoms with E-state index in [1.54, 1.807) is 17.5 Å². The standard InChI is InChI=1S/C17H21N3OS/c1-13-7-8-15(22-13)11-19-17(21)14-5-4-10-20(12-14)16-6-2-3-9-18-16/h2-3,6-9,14H,4-5,10-12H2,1H3,(H,19,21). The van der Waals surface area contributed by atoms with E-state index >= 15 is 0 Å². The summed E-state index contributed by atoms with van der Waals surface area (Å²) >= 11 is 1.74. The first-order valence-corrected chi connectivity index (χ1v) is 8.53. The molecule has 116 valence electrons. The molecule has 3 rings (SSSR count). The van der Waals surface area contributed by atoms with Crippen molar-refractivity contribution in [3.8, 4) is 0 Å². The van der Waals surface area contributed by atoms with E-state index in [-0.39, 0.29) is 11.8 Å². The number of carbonyl (C=O) groups is 1. The number of pyridine rings is 1. The molecule has 0 aliphatic carbocycles. The zero-order valence-corrected chi connectivity index (χ0v) is 13.6. The monoisotopic (exact) mass is 315 g/mol. The van der Waals surface area contributed by atoms with Gasteiger partial charge in [0.15, 0.2) is 0 Å². The fourth-order valence-electron chi connectivity index (χ4n) is 2.84. The summed E-state index contributed by atoms with van der Waals surface area (Å²) in [7, 11) is 0. The first-order chi connectivity index (χ1) is 10.7. The Kier molecular flexibility index (Phi) is 4.73. The summed E-state index contributed by atoms with van der Waals surface area (Å²) in [6.45, 7) is 4.45. The number of anilines is 1. The highest BCUT2D eigenvalue weighted by Gasteiger charge is 2.26. The van der Waals surface area contributed by atoms with Crippen molar-refractivity contribution in [1.29, 1.82) is 0 Å². The summed E-state index contributed by atoms with van der Waals surface area (Å²) in [5.74, 6) is 1.18. The minimum Gasteiger partial charge on any atom is -0.356 e. The molecule has 2 aromatic rings. The lowest BCUT2D eigenvalue weighted by Gasteiger charge is -2.32.